The van der Waals surface area contributed by atoms with Gasteiger partial charge in [0.15, 0.2) is 0 Å². The molecular weight excluding hydrogens is 276 g/mol. The molecule has 0 amide bonds. The summed E-state index contributed by atoms with van der Waals surface area (Å²) in [6, 6.07) is 0. The molecular formula is C23H48. The fourth-order valence-corrected chi connectivity index (χ4v) is 1.40. The van der Waals surface area contributed by atoms with Crippen LogP contribution in [-0.2, 0) is 0 Å². The quantitative estimate of drug-likeness (QED) is 0.262. The second kappa shape index (κ2) is 42.9. The summed E-state index contributed by atoms with van der Waals surface area (Å²) in [6.07, 6.45) is 21.2. The third kappa shape index (κ3) is 75.0. The van der Waals surface area contributed by atoms with Gasteiger partial charge < -0.3 is 0 Å². The van der Waals surface area contributed by atoms with Crippen molar-refractivity contribution in [3.05, 3.63) is 38.0 Å². The van der Waals surface area contributed by atoms with Crippen molar-refractivity contribution in [2.45, 2.75) is 112 Å². The van der Waals surface area contributed by atoms with Crippen molar-refractivity contribution in [3.8, 4) is 0 Å². The lowest BCUT2D eigenvalue weighted by Gasteiger charge is -1.81. The van der Waals surface area contributed by atoms with Crippen LogP contribution < -0.4 is 0 Å². The summed E-state index contributed by atoms with van der Waals surface area (Å²) in [5.74, 6) is 0. The van der Waals surface area contributed by atoms with Crippen LogP contribution in [0.1, 0.15) is 112 Å². The fourth-order valence-electron chi connectivity index (χ4n) is 1.40. The molecule has 0 radical (unpaired) electrons. The predicted molar refractivity (Wildman–Crippen MR) is 114 cm³/mol. The van der Waals surface area contributed by atoms with Crippen LogP contribution in [-0.4, -0.2) is 0 Å². The Morgan fingerprint density at radius 1 is 0.435 bits per heavy atom. The molecule has 0 atom stereocenters. The Hall–Kier alpha value is -0.780. The molecule has 0 aliphatic rings. The zero-order valence-electron chi connectivity index (χ0n) is 17.3. The minimum Gasteiger partial charge on any atom is -0.103 e. The Labute approximate surface area is 150 Å². The second-order valence-corrected chi connectivity index (χ2v) is 5.65. The molecule has 0 fully saturated rings. The van der Waals surface area contributed by atoms with E-state index in [1.165, 1.54) is 77.0 Å². The molecule has 0 aromatic heterocycles. The lowest BCUT2D eigenvalue weighted by atomic mass is 10.3. The first-order valence-corrected chi connectivity index (χ1v) is 9.99. The van der Waals surface area contributed by atoms with Crippen LogP contribution in [0.15, 0.2) is 38.0 Å². The molecule has 0 heterocycles. The number of hydrogen-bond donors (Lipinski definition) is 0. The van der Waals surface area contributed by atoms with E-state index in [2.05, 4.69) is 54.4 Å². The summed E-state index contributed by atoms with van der Waals surface area (Å²) in [5, 5.41) is 0. The predicted octanol–water partition coefficient (Wildman–Crippen LogP) is 9.28. The highest BCUT2D eigenvalue weighted by Gasteiger charge is 1.72. The van der Waals surface area contributed by atoms with E-state index in [0.717, 1.165) is 0 Å². The molecule has 0 aliphatic heterocycles. The molecule has 0 aliphatic carbocycles. The molecule has 0 nitrogen and oxygen atoms in total. The van der Waals surface area contributed by atoms with Gasteiger partial charge in [-0.05, 0) is 19.3 Å². The Morgan fingerprint density at radius 2 is 0.652 bits per heavy atom. The van der Waals surface area contributed by atoms with Crippen molar-refractivity contribution in [1.82, 2.24) is 0 Å². The summed E-state index contributed by atoms with van der Waals surface area (Å²) in [4.78, 5) is 0. The van der Waals surface area contributed by atoms with Gasteiger partial charge in [-0.15, -0.1) is 19.7 Å². The number of hydrogen-bond acceptors (Lipinski definition) is 0. The average Bonchev–Trinajstić information content (AvgIpc) is 2.58. The van der Waals surface area contributed by atoms with Crippen LogP contribution in [0, 0.1) is 0 Å². The lowest BCUT2D eigenvalue weighted by Crippen LogP contribution is -1.61. The van der Waals surface area contributed by atoms with Crippen molar-refractivity contribution in [2.75, 3.05) is 0 Å². The summed E-state index contributed by atoms with van der Waals surface area (Å²) in [6.45, 7) is 21.8. The lowest BCUT2D eigenvalue weighted by molar-refractivity contribution is 0.772. The minimum atomic E-state index is 1.18. The van der Waals surface area contributed by atoms with Gasteiger partial charge in [0.25, 0.3) is 0 Å². The third-order valence-electron chi connectivity index (χ3n) is 2.99. The molecule has 0 saturated carbocycles. The summed E-state index contributed by atoms with van der Waals surface area (Å²) in [7, 11) is 0. The average molecular weight is 325 g/mol. The molecule has 23 heavy (non-hydrogen) atoms. The molecule has 0 N–H and O–H groups in total. The van der Waals surface area contributed by atoms with Crippen molar-refractivity contribution in [2.24, 2.45) is 0 Å². The highest BCUT2D eigenvalue weighted by atomic mass is 13.8. The van der Waals surface area contributed by atoms with E-state index in [0.29, 0.717) is 0 Å². The molecule has 0 rings (SSSR count). The molecule has 0 bridgehead atoms. The fraction of sp³-hybridized carbons (Fsp3) is 0.739. The van der Waals surface area contributed by atoms with E-state index in [1.54, 1.807) is 0 Å². The molecule has 0 heteroatoms. The van der Waals surface area contributed by atoms with Gasteiger partial charge in [-0.25, -0.2) is 0 Å². The third-order valence-corrected chi connectivity index (χ3v) is 2.99. The Bertz CT molecular complexity index is 148. The van der Waals surface area contributed by atoms with Crippen molar-refractivity contribution >= 4 is 0 Å². The van der Waals surface area contributed by atoms with E-state index in [4.69, 9.17) is 0 Å². The topological polar surface area (TPSA) is 0 Å². The summed E-state index contributed by atoms with van der Waals surface area (Å²) in [5.41, 5.74) is 0. The minimum absolute atomic E-state index is 1.18. The molecule has 0 aromatic carbocycles. The van der Waals surface area contributed by atoms with E-state index in [9.17, 15) is 0 Å². The molecule has 0 spiro atoms. The van der Waals surface area contributed by atoms with Crippen molar-refractivity contribution < 1.29 is 0 Å². The number of rotatable bonds is 11. The zero-order valence-corrected chi connectivity index (χ0v) is 17.3. The van der Waals surface area contributed by atoms with Crippen LogP contribution in [0.3, 0.4) is 0 Å². The van der Waals surface area contributed by atoms with Gasteiger partial charge in [-0.3, -0.25) is 0 Å². The van der Waals surface area contributed by atoms with Gasteiger partial charge in [0, 0.05) is 0 Å². The smallest absolute Gasteiger partial charge is 0.0354 e. The van der Waals surface area contributed by atoms with Crippen LogP contribution in [0.25, 0.3) is 0 Å². The van der Waals surface area contributed by atoms with E-state index < -0.39 is 0 Å². The largest absolute Gasteiger partial charge is 0.103 e. The van der Waals surface area contributed by atoms with Crippen LogP contribution in [0.4, 0.5) is 0 Å². The van der Waals surface area contributed by atoms with Crippen LogP contribution in [0.2, 0.25) is 0 Å². The van der Waals surface area contributed by atoms with E-state index >= 15 is 0 Å². The summed E-state index contributed by atoms with van der Waals surface area (Å²) < 4.78 is 0. The Morgan fingerprint density at radius 3 is 0.696 bits per heavy atom. The molecule has 0 aromatic rings. The first-order valence-electron chi connectivity index (χ1n) is 9.99. The summed E-state index contributed by atoms with van der Waals surface area (Å²) >= 11 is 0. The van der Waals surface area contributed by atoms with Crippen LogP contribution in [0.5, 0.6) is 0 Å². The van der Waals surface area contributed by atoms with Gasteiger partial charge >= 0.3 is 0 Å². The van der Waals surface area contributed by atoms with Gasteiger partial charge in [0.1, 0.15) is 0 Å². The van der Waals surface area contributed by atoms with Crippen LogP contribution >= 0.6 is 0 Å². The monoisotopic (exact) mass is 324 g/mol. The van der Waals surface area contributed by atoms with E-state index in [-0.39, 0.29) is 0 Å². The van der Waals surface area contributed by atoms with Gasteiger partial charge in [0.2, 0.25) is 0 Å². The standard InChI is InChI=1S/3C6H12.C5H12/c3*1-3-5-6-4-2;1-3-5-4-2/h3*3H,1,4-6H2,2H3;3-5H2,1-2H3. The highest BCUT2D eigenvalue weighted by molar-refractivity contribution is 4.65. The van der Waals surface area contributed by atoms with Gasteiger partial charge in [-0.1, -0.05) is 111 Å². The highest BCUT2D eigenvalue weighted by Crippen LogP contribution is 1.92. The first kappa shape index (κ1) is 30.1. The molecule has 140 valence electrons. The maximum Gasteiger partial charge on any atom is -0.0354 e. The van der Waals surface area contributed by atoms with Gasteiger partial charge in [-0.2, -0.15) is 0 Å². The molecule has 0 unspecified atom stereocenters. The van der Waals surface area contributed by atoms with Crippen molar-refractivity contribution in [1.29, 1.82) is 0 Å². The second-order valence-electron chi connectivity index (χ2n) is 5.65. The molecule has 0 saturated heterocycles. The maximum absolute atomic E-state index is 3.60. The number of allylic oxidation sites excluding steroid dienone is 3. The maximum atomic E-state index is 3.60. The first-order chi connectivity index (χ1) is 11.2. The van der Waals surface area contributed by atoms with Crippen molar-refractivity contribution in [3.63, 3.8) is 0 Å². The number of unbranched alkanes of at least 4 members (excludes halogenated alkanes) is 8. The normalized spacial score (nSPS) is 8.22. The SMILES string of the molecule is C=CCCCC.C=CCCCC.C=CCCCC.CCCCC. The van der Waals surface area contributed by atoms with Gasteiger partial charge in [0.05, 0.1) is 0 Å². The Kier molecular flexibility index (Phi) is 56.2. The zero-order chi connectivity index (χ0) is 18.6. The Balaban J connectivity index is -0.000000105. The van der Waals surface area contributed by atoms with E-state index in [1.807, 2.05) is 18.2 Å².